The highest BCUT2D eigenvalue weighted by Gasteiger charge is 2.16. The molecule has 164 valence electrons. The number of esters is 1. The minimum Gasteiger partial charge on any atom is -0.452 e. The summed E-state index contributed by atoms with van der Waals surface area (Å²) in [6.07, 6.45) is 0. The van der Waals surface area contributed by atoms with Gasteiger partial charge in [-0.05, 0) is 42.5 Å². The van der Waals surface area contributed by atoms with E-state index in [0.29, 0.717) is 36.2 Å². The molecule has 0 atom stereocenters. The molecule has 3 rings (SSSR count). The maximum absolute atomic E-state index is 12.1. The van der Waals surface area contributed by atoms with E-state index in [2.05, 4.69) is 10.6 Å². The Bertz CT molecular complexity index is 947. The molecular weight excluding hydrogens is 445 g/mol. The molecule has 0 aliphatic carbocycles. The standard InChI is InChI=1S/C21H21Cl2N3O5/c22-14-1-6-18(23)17(11-14)21(29)31-13-20(28)25-16-4-2-15(3-5-16)24-19(27)12-26-7-9-30-10-8-26/h1-6,11H,7-10,12-13H2,(H,24,27)(H,25,28). The lowest BCUT2D eigenvalue weighted by molar-refractivity contribution is -0.119. The SMILES string of the molecule is O=C(COC(=O)c1cc(Cl)ccc1Cl)Nc1ccc(NC(=O)CN2CCOCC2)cc1. The van der Waals surface area contributed by atoms with Gasteiger partial charge in [-0.15, -0.1) is 0 Å². The van der Waals surface area contributed by atoms with Crippen LogP contribution < -0.4 is 10.6 Å². The normalized spacial score (nSPS) is 14.0. The third-order valence-corrected chi connectivity index (χ3v) is 4.97. The first-order valence-corrected chi connectivity index (χ1v) is 10.3. The Morgan fingerprint density at radius 2 is 1.55 bits per heavy atom. The smallest absolute Gasteiger partial charge is 0.340 e. The fraction of sp³-hybridized carbons (Fsp3) is 0.286. The molecule has 0 saturated carbocycles. The Balaban J connectivity index is 1.44. The van der Waals surface area contributed by atoms with Crippen LogP contribution in [0.4, 0.5) is 11.4 Å². The molecule has 10 heteroatoms. The first-order chi connectivity index (χ1) is 14.9. The Morgan fingerprint density at radius 3 is 2.19 bits per heavy atom. The molecule has 1 heterocycles. The van der Waals surface area contributed by atoms with Gasteiger partial charge in [0, 0.05) is 29.5 Å². The van der Waals surface area contributed by atoms with Crippen LogP contribution in [0, 0.1) is 0 Å². The number of nitrogens with zero attached hydrogens (tertiary/aromatic N) is 1. The molecule has 31 heavy (non-hydrogen) atoms. The van der Waals surface area contributed by atoms with Crippen LogP contribution in [-0.2, 0) is 19.1 Å². The van der Waals surface area contributed by atoms with Crippen LogP contribution in [0.1, 0.15) is 10.4 Å². The average molecular weight is 466 g/mol. The van der Waals surface area contributed by atoms with E-state index in [1.54, 1.807) is 30.3 Å². The van der Waals surface area contributed by atoms with Crippen molar-refractivity contribution in [1.82, 2.24) is 4.90 Å². The van der Waals surface area contributed by atoms with E-state index in [1.165, 1.54) is 12.1 Å². The van der Waals surface area contributed by atoms with Crippen molar-refractivity contribution in [3.63, 3.8) is 0 Å². The van der Waals surface area contributed by atoms with Gasteiger partial charge in [-0.1, -0.05) is 23.2 Å². The maximum Gasteiger partial charge on any atom is 0.340 e. The van der Waals surface area contributed by atoms with Gasteiger partial charge in [-0.25, -0.2) is 4.79 Å². The second kappa shape index (κ2) is 11.1. The number of carbonyl (C=O) groups excluding carboxylic acids is 3. The van der Waals surface area contributed by atoms with Gasteiger partial charge in [0.05, 0.1) is 30.3 Å². The highest BCUT2D eigenvalue weighted by atomic mass is 35.5. The second-order valence-corrected chi connectivity index (χ2v) is 7.61. The fourth-order valence-corrected chi connectivity index (χ4v) is 3.23. The fourth-order valence-electron chi connectivity index (χ4n) is 2.86. The van der Waals surface area contributed by atoms with Crippen molar-refractivity contribution in [2.75, 3.05) is 50.1 Å². The zero-order chi connectivity index (χ0) is 22.2. The van der Waals surface area contributed by atoms with E-state index in [9.17, 15) is 14.4 Å². The van der Waals surface area contributed by atoms with Crippen molar-refractivity contribution in [3.8, 4) is 0 Å². The Morgan fingerprint density at radius 1 is 0.935 bits per heavy atom. The van der Waals surface area contributed by atoms with Crippen LogP contribution in [0.3, 0.4) is 0 Å². The van der Waals surface area contributed by atoms with Crippen LogP contribution in [0.15, 0.2) is 42.5 Å². The molecule has 1 aliphatic heterocycles. The number of benzene rings is 2. The quantitative estimate of drug-likeness (QED) is 0.609. The molecule has 0 bridgehead atoms. The molecule has 0 radical (unpaired) electrons. The first kappa shape index (κ1) is 23.0. The third-order valence-electron chi connectivity index (χ3n) is 4.41. The van der Waals surface area contributed by atoms with Crippen molar-refractivity contribution in [2.45, 2.75) is 0 Å². The van der Waals surface area contributed by atoms with Gasteiger partial charge >= 0.3 is 5.97 Å². The summed E-state index contributed by atoms with van der Waals surface area (Å²) in [6.45, 7) is 2.52. The molecule has 1 saturated heterocycles. The number of hydrogen-bond acceptors (Lipinski definition) is 6. The van der Waals surface area contributed by atoms with Gasteiger partial charge < -0.3 is 20.1 Å². The van der Waals surface area contributed by atoms with Crippen molar-refractivity contribution in [1.29, 1.82) is 0 Å². The van der Waals surface area contributed by atoms with Gasteiger partial charge in [-0.3, -0.25) is 14.5 Å². The zero-order valence-electron chi connectivity index (χ0n) is 16.5. The van der Waals surface area contributed by atoms with E-state index in [4.69, 9.17) is 32.7 Å². The molecule has 1 fully saturated rings. The number of hydrogen-bond donors (Lipinski definition) is 2. The van der Waals surface area contributed by atoms with Crippen LogP contribution in [0.5, 0.6) is 0 Å². The van der Waals surface area contributed by atoms with Gasteiger partial charge in [-0.2, -0.15) is 0 Å². The van der Waals surface area contributed by atoms with E-state index >= 15 is 0 Å². The van der Waals surface area contributed by atoms with Gasteiger partial charge in [0.2, 0.25) is 5.91 Å². The molecular formula is C21H21Cl2N3O5. The summed E-state index contributed by atoms with van der Waals surface area (Å²) < 4.78 is 10.2. The lowest BCUT2D eigenvalue weighted by atomic mass is 10.2. The largest absolute Gasteiger partial charge is 0.452 e. The van der Waals surface area contributed by atoms with Crippen molar-refractivity contribution >= 4 is 52.4 Å². The summed E-state index contributed by atoms with van der Waals surface area (Å²) >= 11 is 11.8. The number of halogens is 2. The molecule has 0 unspecified atom stereocenters. The molecule has 2 aromatic carbocycles. The lowest BCUT2D eigenvalue weighted by Gasteiger charge is -2.25. The summed E-state index contributed by atoms with van der Waals surface area (Å²) in [6, 6.07) is 11.0. The number of rotatable bonds is 7. The minimum atomic E-state index is -0.749. The van der Waals surface area contributed by atoms with Crippen LogP contribution >= 0.6 is 23.2 Å². The maximum atomic E-state index is 12.1. The number of carbonyl (C=O) groups is 3. The summed E-state index contributed by atoms with van der Waals surface area (Å²) in [5.74, 6) is -1.39. The Hall–Kier alpha value is -2.65. The predicted octanol–water partition coefficient (Wildman–Crippen LogP) is 3.06. The van der Waals surface area contributed by atoms with Gasteiger partial charge in [0.25, 0.3) is 5.91 Å². The minimum absolute atomic E-state index is 0.0825. The highest BCUT2D eigenvalue weighted by molar-refractivity contribution is 6.35. The molecule has 2 N–H and O–H groups in total. The van der Waals surface area contributed by atoms with E-state index in [1.807, 2.05) is 4.90 Å². The van der Waals surface area contributed by atoms with E-state index < -0.39 is 18.5 Å². The summed E-state index contributed by atoms with van der Waals surface area (Å²) in [7, 11) is 0. The molecule has 2 amide bonds. The van der Waals surface area contributed by atoms with Crippen molar-refractivity contribution in [2.24, 2.45) is 0 Å². The summed E-state index contributed by atoms with van der Waals surface area (Å²) in [5.41, 5.74) is 1.19. The van der Waals surface area contributed by atoms with Crippen LogP contribution in [-0.4, -0.2) is 62.1 Å². The zero-order valence-corrected chi connectivity index (χ0v) is 18.0. The van der Waals surface area contributed by atoms with Gasteiger partial charge in [0.1, 0.15) is 0 Å². The summed E-state index contributed by atoms with van der Waals surface area (Å²) in [4.78, 5) is 38.3. The number of nitrogens with one attached hydrogen (secondary N) is 2. The number of ether oxygens (including phenoxy) is 2. The Labute approximate surface area is 189 Å². The topological polar surface area (TPSA) is 97.0 Å². The molecule has 1 aliphatic rings. The molecule has 0 spiro atoms. The van der Waals surface area contributed by atoms with Crippen molar-refractivity contribution < 1.29 is 23.9 Å². The number of anilines is 2. The second-order valence-electron chi connectivity index (χ2n) is 6.76. The summed E-state index contributed by atoms with van der Waals surface area (Å²) in [5, 5.41) is 5.93. The van der Waals surface area contributed by atoms with Gasteiger partial charge in [0.15, 0.2) is 6.61 Å². The van der Waals surface area contributed by atoms with E-state index in [0.717, 1.165) is 13.1 Å². The third kappa shape index (κ3) is 7.22. The lowest BCUT2D eigenvalue weighted by Crippen LogP contribution is -2.41. The first-order valence-electron chi connectivity index (χ1n) is 9.53. The predicted molar refractivity (Wildman–Crippen MR) is 118 cm³/mol. The van der Waals surface area contributed by atoms with Crippen molar-refractivity contribution in [3.05, 3.63) is 58.1 Å². The number of morpholine rings is 1. The average Bonchev–Trinajstić information content (AvgIpc) is 2.76. The number of amides is 2. The van der Waals surface area contributed by atoms with E-state index in [-0.39, 0.29) is 16.5 Å². The molecule has 2 aromatic rings. The van der Waals surface area contributed by atoms with Crippen LogP contribution in [0.2, 0.25) is 10.0 Å². The molecule has 0 aromatic heterocycles. The Kier molecular flexibility index (Phi) is 8.25. The van der Waals surface area contributed by atoms with Crippen LogP contribution in [0.25, 0.3) is 0 Å². The highest BCUT2D eigenvalue weighted by Crippen LogP contribution is 2.21. The molecule has 8 nitrogen and oxygen atoms in total. The monoisotopic (exact) mass is 465 g/mol.